The lowest BCUT2D eigenvalue weighted by Crippen LogP contribution is -2.37. The smallest absolute Gasteiger partial charge is 0.325 e. The zero-order valence-corrected chi connectivity index (χ0v) is 15.4. The average molecular weight is 369 g/mol. The third-order valence-corrected chi connectivity index (χ3v) is 4.73. The molecular formula is C21H24FN3O2. The second kappa shape index (κ2) is 8.77. The van der Waals surface area contributed by atoms with Crippen LogP contribution >= 0.6 is 0 Å². The molecule has 0 aromatic heterocycles. The van der Waals surface area contributed by atoms with Gasteiger partial charge in [0.05, 0.1) is 5.71 Å². The van der Waals surface area contributed by atoms with E-state index >= 15 is 0 Å². The van der Waals surface area contributed by atoms with E-state index in [-0.39, 0.29) is 12.4 Å². The highest BCUT2D eigenvalue weighted by atomic mass is 19.1. The van der Waals surface area contributed by atoms with Gasteiger partial charge in [-0.25, -0.2) is 4.39 Å². The van der Waals surface area contributed by atoms with Crippen LogP contribution in [-0.4, -0.2) is 54.4 Å². The van der Waals surface area contributed by atoms with Crippen LogP contribution in [0, 0.1) is 5.82 Å². The molecule has 27 heavy (non-hydrogen) atoms. The molecule has 0 amide bonds. The van der Waals surface area contributed by atoms with Gasteiger partial charge in [-0.3, -0.25) is 9.79 Å². The number of halogens is 1. The largest absolute Gasteiger partial charge is 0.480 e. The number of anilines is 1. The van der Waals surface area contributed by atoms with Gasteiger partial charge in [0.25, 0.3) is 0 Å². The lowest BCUT2D eigenvalue weighted by atomic mass is 9.98. The first-order valence-electron chi connectivity index (χ1n) is 9.09. The Bertz CT molecular complexity index is 815. The van der Waals surface area contributed by atoms with Crippen LogP contribution in [0.3, 0.4) is 0 Å². The van der Waals surface area contributed by atoms with Crippen LogP contribution in [0.15, 0.2) is 53.5 Å². The maximum atomic E-state index is 14.0. The lowest BCUT2D eigenvalue weighted by molar-refractivity contribution is -0.135. The average Bonchev–Trinajstić information content (AvgIpc) is 2.66. The molecule has 2 aromatic rings. The molecule has 1 aliphatic rings. The van der Waals surface area contributed by atoms with Crippen molar-refractivity contribution in [1.29, 1.82) is 0 Å². The number of aliphatic imine (C=N–C) groups is 1. The molecule has 1 fully saturated rings. The minimum Gasteiger partial charge on any atom is -0.480 e. The highest BCUT2D eigenvalue weighted by Crippen LogP contribution is 2.24. The Morgan fingerprint density at radius 2 is 1.93 bits per heavy atom. The summed E-state index contributed by atoms with van der Waals surface area (Å²) in [5.41, 5.74) is 2.60. The molecule has 2 aromatic carbocycles. The Hall–Kier alpha value is -2.73. The number of aliphatic carboxylic acids is 1. The number of benzene rings is 2. The second-order valence-electron chi connectivity index (χ2n) is 6.84. The van der Waals surface area contributed by atoms with Gasteiger partial charge in [-0.2, -0.15) is 0 Å². The Balaban J connectivity index is 1.97. The molecule has 3 rings (SSSR count). The Morgan fingerprint density at radius 3 is 2.59 bits per heavy atom. The molecule has 0 saturated carbocycles. The van der Waals surface area contributed by atoms with Crippen LogP contribution in [0.2, 0.25) is 0 Å². The van der Waals surface area contributed by atoms with E-state index in [0.717, 1.165) is 37.2 Å². The van der Waals surface area contributed by atoms with E-state index in [1.54, 1.807) is 6.07 Å². The van der Waals surface area contributed by atoms with Gasteiger partial charge in [0.2, 0.25) is 0 Å². The van der Waals surface area contributed by atoms with E-state index in [4.69, 9.17) is 5.11 Å². The van der Waals surface area contributed by atoms with Gasteiger partial charge in [-0.15, -0.1) is 0 Å². The predicted octanol–water partition coefficient (Wildman–Crippen LogP) is 3.25. The van der Waals surface area contributed by atoms with Crippen molar-refractivity contribution >= 4 is 17.4 Å². The van der Waals surface area contributed by atoms with Gasteiger partial charge in [-0.05, 0) is 51.2 Å². The normalized spacial score (nSPS) is 16.3. The van der Waals surface area contributed by atoms with Crippen LogP contribution in [0.4, 0.5) is 10.1 Å². The lowest BCUT2D eigenvalue weighted by Gasteiger charge is -2.31. The van der Waals surface area contributed by atoms with E-state index in [1.807, 2.05) is 30.3 Å². The van der Waals surface area contributed by atoms with Gasteiger partial charge < -0.3 is 15.3 Å². The van der Waals surface area contributed by atoms with Gasteiger partial charge in [0.1, 0.15) is 12.4 Å². The molecular weight excluding hydrogens is 345 g/mol. The van der Waals surface area contributed by atoms with Crippen LogP contribution in [0.5, 0.6) is 0 Å². The molecule has 1 saturated heterocycles. The fourth-order valence-electron chi connectivity index (χ4n) is 3.29. The number of carbonyl (C=O) groups is 1. The summed E-state index contributed by atoms with van der Waals surface area (Å²) in [5, 5.41) is 12.6. The van der Waals surface area contributed by atoms with Crippen molar-refractivity contribution in [2.75, 3.05) is 32.0 Å². The molecule has 5 nitrogen and oxygen atoms in total. The first kappa shape index (κ1) is 19.0. The molecule has 0 bridgehead atoms. The standard InChI is InChI=1S/C21H24FN3O2/c1-25-11-9-17(10-12-25)24-19-8-7-16(22)13-18(19)21(23-14-20(26)27)15-5-3-2-4-6-15/h2-8,13,17,24H,9-12,14H2,1H3,(H,26,27)/b23-21+. The Morgan fingerprint density at radius 1 is 1.22 bits per heavy atom. The van der Waals surface area contributed by atoms with Gasteiger partial charge in [0.15, 0.2) is 0 Å². The van der Waals surface area contributed by atoms with E-state index < -0.39 is 5.97 Å². The number of carboxylic acids is 1. The summed E-state index contributed by atoms with van der Waals surface area (Å²) in [5.74, 6) is -1.40. The maximum Gasteiger partial charge on any atom is 0.325 e. The summed E-state index contributed by atoms with van der Waals surface area (Å²) in [7, 11) is 2.10. The molecule has 2 N–H and O–H groups in total. The molecule has 1 heterocycles. The summed E-state index contributed by atoms with van der Waals surface area (Å²) < 4.78 is 14.0. The second-order valence-corrected chi connectivity index (χ2v) is 6.84. The third-order valence-electron chi connectivity index (χ3n) is 4.73. The number of nitrogens with zero attached hydrogens (tertiary/aromatic N) is 2. The molecule has 0 spiro atoms. The third kappa shape index (κ3) is 5.14. The Kier molecular flexibility index (Phi) is 6.19. The highest BCUT2D eigenvalue weighted by molar-refractivity contribution is 6.16. The summed E-state index contributed by atoms with van der Waals surface area (Å²) >= 11 is 0. The first-order chi connectivity index (χ1) is 13.0. The number of likely N-dealkylation sites (tertiary alicyclic amines) is 1. The SMILES string of the molecule is CN1CCC(Nc2ccc(F)cc2/C(=N/CC(=O)O)c2ccccc2)CC1. The molecule has 0 aliphatic carbocycles. The van der Waals surface area contributed by atoms with Crippen molar-refractivity contribution in [3.8, 4) is 0 Å². The van der Waals surface area contributed by atoms with E-state index in [2.05, 4.69) is 22.3 Å². The van der Waals surface area contributed by atoms with E-state index in [0.29, 0.717) is 17.3 Å². The molecule has 0 unspecified atom stereocenters. The van der Waals surface area contributed by atoms with Gasteiger partial charge in [0, 0.05) is 22.9 Å². The monoisotopic (exact) mass is 369 g/mol. The van der Waals surface area contributed by atoms with Gasteiger partial charge >= 0.3 is 5.97 Å². The quantitative estimate of drug-likeness (QED) is 0.767. The zero-order chi connectivity index (χ0) is 19.2. The fraction of sp³-hybridized carbons (Fsp3) is 0.333. The van der Waals surface area contributed by atoms with Crippen molar-refractivity contribution < 1.29 is 14.3 Å². The summed E-state index contributed by atoms with van der Waals surface area (Å²) in [6.45, 7) is 1.65. The van der Waals surface area contributed by atoms with Crippen LogP contribution in [-0.2, 0) is 4.79 Å². The van der Waals surface area contributed by atoms with Crippen molar-refractivity contribution in [1.82, 2.24) is 4.90 Å². The number of hydrogen-bond acceptors (Lipinski definition) is 4. The minimum absolute atomic E-state index is 0.293. The van der Waals surface area contributed by atoms with Crippen molar-refractivity contribution in [3.05, 3.63) is 65.5 Å². The summed E-state index contributed by atoms with van der Waals surface area (Å²) in [6, 6.07) is 14.1. The number of piperidine rings is 1. The summed E-state index contributed by atoms with van der Waals surface area (Å²) in [4.78, 5) is 17.6. The topological polar surface area (TPSA) is 64.9 Å². The first-order valence-corrected chi connectivity index (χ1v) is 9.09. The van der Waals surface area contributed by atoms with Crippen LogP contribution in [0.1, 0.15) is 24.0 Å². The number of rotatable bonds is 6. The van der Waals surface area contributed by atoms with Gasteiger partial charge in [-0.1, -0.05) is 30.3 Å². The minimum atomic E-state index is -1.02. The number of carboxylic acid groups (broad SMARTS) is 1. The Labute approximate surface area is 158 Å². The molecule has 0 radical (unpaired) electrons. The van der Waals surface area contributed by atoms with E-state index in [9.17, 15) is 9.18 Å². The van der Waals surface area contributed by atoms with Crippen molar-refractivity contribution in [3.63, 3.8) is 0 Å². The fourth-order valence-corrected chi connectivity index (χ4v) is 3.29. The van der Waals surface area contributed by atoms with Crippen molar-refractivity contribution in [2.24, 2.45) is 4.99 Å². The highest BCUT2D eigenvalue weighted by Gasteiger charge is 2.20. The maximum absolute atomic E-state index is 14.0. The van der Waals surface area contributed by atoms with Crippen molar-refractivity contribution in [2.45, 2.75) is 18.9 Å². The number of nitrogens with one attached hydrogen (secondary N) is 1. The molecule has 0 atom stereocenters. The zero-order valence-electron chi connectivity index (χ0n) is 15.4. The van der Waals surface area contributed by atoms with E-state index in [1.165, 1.54) is 12.1 Å². The number of hydrogen-bond donors (Lipinski definition) is 2. The molecule has 6 heteroatoms. The molecule has 1 aliphatic heterocycles. The van der Waals surface area contributed by atoms with Crippen LogP contribution in [0.25, 0.3) is 0 Å². The van der Waals surface area contributed by atoms with Crippen LogP contribution < -0.4 is 5.32 Å². The summed E-state index contributed by atoms with van der Waals surface area (Å²) in [6.07, 6.45) is 2.00. The predicted molar refractivity (Wildman–Crippen MR) is 105 cm³/mol. The molecule has 142 valence electrons.